The number of fused-ring (bicyclic) bond motifs is 1. The lowest BCUT2D eigenvalue weighted by molar-refractivity contribution is 0.0716. The Morgan fingerprint density at radius 3 is 1.64 bits per heavy atom. The van der Waals surface area contributed by atoms with Crippen molar-refractivity contribution in [2.45, 2.75) is 19.4 Å². The summed E-state index contributed by atoms with van der Waals surface area (Å²) in [6, 6.07) is 28.4. The lowest BCUT2D eigenvalue weighted by Crippen LogP contribution is -2.42. The molecule has 0 fully saturated rings. The van der Waals surface area contributed by atoms with Gasteiger partial charge in [0.25, 0.3) is 0 Å². The number of hydrogen-bond acceptors (Lipinski definition) is 2. The first-order valence-electron chi connectivity index (χ1n) is 8.47. The van der Waals surface area contributed by atoms with Gasteiger partial charge >= 0.3 is 0 Å². The normalized spacial score (nSPS) is 14.9. The molecule has 4 rings (SSSR count). The predicted molar refractivity (Wildman–Crippen MR) is 99.7 cm³/mol. The molecule has 1 aliphatic heterocycles. The third-order valence-electron chi connectivity index (χ3n) is 4.46. The number of allylic oxidation sites excluding steroid dienone is 1. The summed E-state index contributed by atoms with van der Waals surface area (Å²) in [6.45, 7) is 4.13. The van der Waals surface area contributed by atoms with Crippen molar-refractivity contribution >= 4 is 0 Å². The van der Waals surface area contributed by atoms with Crippen LogP contribution in [0.5, 0.6) is 11.5 Å². The van der Waals surface area contributed by atoms with Gasteiger partial charge in [0.05, 0.1) is 0 Å². The average molecular weight is 328 g/mol. The number of rotatable bonds is 2. The summed E-state index contributed by atoms with van der Waals surface area (Å²) in [6.07, 6.45) is 0. The number of para-hydroxylation sites is 2. The molecule has 0 saturated carbocycles. The predicted octanol–water partition coefficient (Wildman–Crippen LogP) is 5.70. The van der Waals surface area contributed by atoms with Crippen molar-refractivity contribution in [3.63, 3.8) is 0 Å². The Hall–Kier alpha value is -3.00. The molecule has 0 amide bonds. The summed E-state index contributed by atoms with van der Waals surface area (Å²) in [4.78, 5) is 0. The zero-order valence-corrected chi connectivity index (χ0v) is 14.4. The highest BCUT2D eigenvalue weighted by molar-refractivity contribution is 5.53. The molecule has 3 aromatic carbocycles. The van der Waals surface area contributed by atoms with Crippen LogP contribution in [0.15, 0.2) is 96.3 Å². The molecule has 0 saturated heterocycles. The Kier molecular flexibility index (Phi) is 3.81. The molecule has 0 radical (unpaired) electrons. The molecule has 25 heavy (non-hydrogen) atoms. The molecule has 0 N–H and O–H groups in total. The molecule has 2 nitrogen and oxygen atoms in total. The van der Waals surface area contributed by atoms with Gasteiger partial charge < -0.3 is 9.47 Å². The number of ether oxygens (including phenoxy) is 2. The van der Waals surface area contributed by atoms with Crippen LogP contribution >= 0.6 is 0 Å². The molecule has 0 aliphatic carbocycles. The Labute approximate surface area is 148 Å². The fourth-order valence-electron chi connectivity index (χ4n) is 3.36. The monoisotopic (exact) mass is 328 g/mol. The molecule has 0 atom stereocenters. The maximum Gasteiger partial charge on any atom is 0.216 e. The number of benzene rings is 3. The smallest absolute Gasteiger partial charge is 0.216 e. The van der Waals surface area contributed by atoms with Crippen LogP contribution in [0.25, 0.3) is 0 Å². The van der Waals surface area contributed by atoms with Gasteiger partial charge in [0.2, 0.25) is 5.60 Å². The quantitative estimate of drug-likeness (QED) is 0.601. The molecule has 124 valence electrons. The first-order chi connectivity index (χ1) is 12.2. The van der Waals surface area contributed by atoms with E-state index in [4.69, 9.17) is 9.47 Å². The van der Waals surface area contributed by atoms with Gasteiger partial charge in [-0.2, -0.15) is 0 Å². The molecule has 0 bridgehead atoms. The van der Waals surface area contributed by atoms with Crippen LogP contribution < -0.4 is 9.47 Å². The second-order valence-corrected chi connectivity index (χ2v) is 6.39. The molecule has 0 aromatic heterocycles. The van der Waals surface area contributed by atoms with Crippen LogP contribution in [0.2, 0.25) is 0 Å². The van der Waals surface area contributed by atoms with Gasteiger partial charge in [0, 0.05) is 11.1 Å². The van der Waals surface area contributed by atoms with Gasteiger partial charge in [0.15, 0.2) is 17.3 Å². The first kappa shape index (κ1) is 15.5. The SMILES string of the molecule is CC(C)=C1Oc2ccccc2OC1(c1ccccc1)c1ccccc1. The van der Waals surface area contributed by atoms with E-state index in [2.05, 4.69) is 38.1 Å². The third kappa shape index (κ3) is 2.51. The van der Waals surface area contributed by atoms with E-state index in [1.165, 1.54) is 0 Å². The highest BCUT2D eigenvalue weighted by Crippen LogP contribution is 2.49. The van der Waals surface area contributed by atoms with Crippen LogP contribution in [0.3, 0.4) is 0 Å². The fraction of sp³-hybridized carbons (Fsp3) is 0.130. The minimum atomic E-state index is -0.796. The molecular formula is C23H20O2. The van der Waals surface area contributed by atoms with Crippen molar-refractivity contribution in [3.05, 3.63) is 107 Å². The molecular weight excluding hydrogens is 308 g/mol. The van der Waals surface area contributed by atoms with Crippen molar-refractivity contribution in [3.8, 4) is 11.5 Å². The van der Waals surface area contributed by atoms with E-state index in [1.807, 2.05) is 60.7 Å². The second-order valence-electron chi connectivity index (χ2n) is 6.39. The summed E-state index contributed by atoms with van der Waals surface area (Å²) in [7, 11) is 0. The van der Waals surface area contributed by atoms with Gasteiger partial charge in [-0.25, -0.2) is 0 Å². The maximum absolute atomic E-state index is 6.68. The maximum atomic E-state index is 6.68. The Balaban J connectivity index is 2.04. The van der Waals surface area contributed by atoms with Crippen molar-refractivity contribution in [2.75, 3.05) is 0 Å². The van der Waals surface area contributed by atoms with Crippen LogP contribution in [0, 0.1) is 0 Å². The first-order valence-corrected chi connectivity index (χ1v) is 8.47. The number of hydrogen-bond donors (Lipinski definition) is 0. The van der Waals surface area contributed by atoms with Crippen molar-refractivity contribution < 1.29 is 9.47 Å². The highest BCUT2D eigenvalue weighted by atomic mass is 16.6. The molecule has 2 heteroatoms. The third-order valence-corrected chi connectivity index (χ3v) is 4.46. The summed E-state index contributed by atoms with van der Waals surface area (Å²) in [5, 5.41) is 0. The standard InChI is InChI=1S/C23H20O2/c1-17(2)22-23(18-11-5-3-6-12-18,19-13-7-4-8-14-19)25-21-16-10-9-15-20(21)24-22/h3-16H,1-2H3. The van der Waals surface area contributed by atoms with Crippen molar-refractivity contribution in [2.24, 2.45) is 0 Å². The Bertz CT molecular complexity index is 868. The second kappa shape index (κ2) is 6.14. The fourth-order valence-corrected chi connectivity index (χ4v) is 3.36. The van der Waals surface area contributed by atoms with E-state index in [-0.39, 0.29) is 0 Å². The van der Waals surface area contributed by atoms with Gasteiger partial charge in [-0.15, -0.1) is 0 Å². The van der Waals surface area contributed by atoms with E-state index in [0.717, 1.165) is 34.0 Å². The van der Waals surface area contributed by atoms with Crippen molar-refractivity contribution in [1.29, 1.82) is 0 Å². The molecule has 0 spiro atoms. The Morgan fingerprint density at radius 1 is 0.640 bits per heavy atom. The van der Waals surface area contributed by atoms with E-state index >= 15 is 0 Å². The highest BCUT2D eigenvalue weighted by Gasteiger charge is 2.46. The topological polar surface area (TPSA) is 18.5 Å². The van der Waals surface area contributed by atoms with E-state index in [1.54, 1.807) is 0 Å². The largest absolute Gasteiger partial charge is 0.466 e. The molecule has 3 aromatic rings. The zero-order valence-electron chi connectivity index (χ0n) is 14.4. The van der Waals surface area contributed by atoms with Gasteiger partial charge in [-0.1, -0.05) is 72.8 Å². The lowest BCUT2D eigenvalue weighted by atomic mass is 9.82. The van der Waals surface area contributed by atoms with E-state index in [0.29, 0.717) is 0 Å². The summed E-state index contributed by atoms with van der Waals surface area (Å²) in [5.74, 6) is 2.32. The molecule has 0 unspecified atom stereocenters. The summed E-state index contributed by atoms with van der Waals surface area (Å²) < 4.78 is 13.1. The lowest BCUT2D eigenvalue weighted by Gasteiger charge is -2.41. The minimum absolute atomic E-state index is 0.750. The van der Waals surface area contributed by atoms with Gasteiger partial charge in [-0.3, -0.25) is 0 Å². The summed E-state index contributed by atoms with van der Waals surface area (Å²) in [5.41, 5.74) is 2.39. The van der Waals surface area contributed by atoms with Crippen LogP contribution in [-0.2, 0) is 5.60 Å². The minimum Gasteiger partial charge on any atom is -0.466 e. The van der Waals surface area contributed by atoms with Gasteiger partial charge in [-0.05, 0) is 31.6 Å². The van der Waals surface area contributed by atoms with E-state index < -0.39 is 5.60 Å². The Morgan fingerprint density at radius 2 is 1.12 bits per heavy atom. The van der Waals surface area contributed by atoms with Gasteiger partial charge in [0.1, 0.15) is 0 Å². The van der Waals surface area contributed by atoms with Crippen LogP contribution in [0.1, 0.15) is 25.0 Å². The van der Waals surface area contributed by atoms with Crippen molar-refractivity contribution in [1.82, 2.24) is 0 Å². The molecule has 1 heterocycles. The zero-order chi connectivity index (χ0) is 17.3. The van der Waals surface area contributed by atoms with Crippen LogP contribution in [-0.4, -0.2) is 0 Å². The molecule has 1 aliphatic rings. The summed E-state index contributed by atoms with van der Waals surface area (Å²) >= 11 is 0. The van der Waals surface area contributed by atoms with E-state index in [9.17, 15) is 0 Å². The average Bonchev–Trinajstić information content (AvgIpc) is 2.68. The van der Waals surface area contributed by atoms with Crippen LogP contribution in [0.4, 0.5) is 0 Å².